The van der Waals surface area contributed by atoms with E-state index in [9.17, 15) is 4.79 Å². The summed E-state index contributed by atoms with van der Waals surface area (Å²) >= 11 is 5.00. The minimum Gasteiger partial charge on any atom is -0.351 e. The lowest BCUT2D eigenvalue weighted by atomic mass is 10.2. The van der Waals surface area contributed by atoms with Crippen molar-refractivity contribution in [3.63, 3.8) is 0 Å². The Hall–Kier alpha value is -1.43. The molecule has 0 saturated carbocycles. The molecular weight excluding hydrogens is 360 g/mol. The summed E-state index contributed by atoms with van der Waals surface area (Å²) in [5.41, 5.74) is 1.28. The smallest absolute Gasteiger partial charge is 0.244 e. The van der Waals surface area contributed by atoms with Crippen LogP contribution in [0.25, 0.3) is 6.08 Å². The van der Waals surface area contributed by atoms with Gasteiger partial charge in [0.1, 0.15) is 0 Å². The van der Waals surface area contributed by atoms with E-state index in [4.69, 9.17) is 0 Å². The normalized spacial score (nSPS) is 11.2. The Morgan fingerprint density at radius 1 is 1.27 bits per heavy atom. The molecule has 0 aliphatic carbocycles. The summed E-state index contributed by atoms with van der Waals surface area (Å²) < 4.78 is 1.06. The molecule has 1 N–H and O–H groups in total. The first kappa shape index (κ1) is 16.9. The highest BCUT2D eigenvalue weighted by Gasteiger charge is 2.01. The van der Waals surface area contributed by atoms with Gasteiger partial charge in [-0.05, 0) is 46.7 Å². The van der Waals surface area contributed by atoms with Gasteiger partial charge in [-0.2, -0.15) is 0 Å². The molecule has 0 atom stereocenters. The highest BCUT2D eigenvalue weighted by Crippen LogP contribution is 2.22. The summed E-state index contributed by atoms with van der Waals surface area (Å²) in [5.74, 6) is -0.0577. The maximum atomic E-state index is 11.7. The lowest BCUT2D eigenvalue weighted by molar-refractivity contribution is -0.116. The van der Waals surface area contributed by atoms with Gasteiger partial charge in [0, 0.05) is 30.6 Å². The number of benzene rings is 1. The van der Waals surface area contributed by atoms with Crippen LogP contribution in [0.15, 0.2) is 52.3 Å². The summed E-state index contributed by atoms with van der Waals surface area (Å²) in [5, 5.41) is 2.90. The molecule has 1 amide bonds. The predicted molar refractivity (Wildman–Crippen MR) is 96.8 cm³/mol. The van der Waals surface area contributed by atoms with Crippen molar-refractivity contribution >= 4 is 39.2 Å². The van der Waals surface area contributed by atoms with Gasteiger partial charge in [0.2, 0.25) is 5.91 Å². The molecule has 0 aliphatic heterocycles. The largest absolute Gasteiger partial charge is 0.351 e. The molecule has 3 nitrogen and oxygen atoms in total. The van der Waals surface area contributed by atoms with Crippen molar-refractivity contribution in [2.75, 3.05) is 20.1 Å². The van der Waals surface area contributed by atoms with Crippen molar-refractivity contribution in [3.8, 4) is 0 Å². The second-order valence-corrected chi connectivity index (χ2v) is 7.48. The molecule has 0 fully saturated rings. The van der Waals surface area contributed by atoms with E-state index in [1.807, 2.05) is 36.4 Å². The molecule has 0 spiro atoms. The van der Waals surface area contributed by atoms with E-state index in [1.165, 1.54) is 5.56 Å². The van der Waals surface area contributed by atoms with Crippen molar-refractivity contribution in [1.82, 2.24) is 10.2 Å². The van der Waals surface area contributed by atoms with Gasteiger partial charge in [0.15, 0.2) is 0 Å². The molecular formula is C17H19BrN2OS. The third-order valence-corrected chi connectivity index (χ3v) is 4.67. The summed E-state index contributed by atoms with van der Waals surface area (Å²) in [6.45, 7) is 2.34. The molecule has 2 rings (SSSR count). The van der Waals surface area contributed by atoms with Gasteiger partial charge in [0.25, 0.3) is 0 Å². The number of rotatable bonds is 7. The first-order valence-corrected chi connectivity index (χ1v) is 8.68. The van der Waals surface area contributed by atoms with E-state index >= 15 is 0 Å². The van der Waals surface area contributed by atoms with Gasteiger partial charge >= 0.3 is 0 Å². The van der Waals surface area contributed by atoms with Crippen LogP contribution in [0.2, 0.25) is 0 Å². The van der Waals surface area contributed by atoms with Crippen molar-refractivity contribution in [3.05, 3.63) is 62.8 Å². The molecule has 1 aromatic heterocycles. The van der Waals surface area contributed by atoms with Crippen LogP contribution >= 0.6 is 27.3 Å². The number of likely N-dealkylation sites (N-methyl/N-ethyl adjacent to an activating group) is 1. The molecule has 2 aromatic rings. The number of carbonyl (C=O) groups excluding carboxylic acids is 1. The van der Waals surface area contributed by atoms with Gasteiger partial charge in [-0.1, -0.05) is 30.3 Å². The Morgan fingerprint density at radius 2 is 2.05 bits per heavy atom. The first-order chi connectivity index (χ1) is 10.6. The van der Waals surface area contributed by atoms with E-state index in [2.05, 4.69) is 45.3 Å². The number of hydrogen-bond donors (Lipinski definition) is 1. The fraction of sp³-hybridized carbons (Fsp3) is 0.235. The quantitative estimate of drug-likeness (QED) is 0.743. The zero-order valence-electron chi connectivity index (χ0n) is 12.5. The SMILES string of the molecule is CN(CCNC(=O)/C=C/c1ccc(Br)s1)Cc1ccccc1. The monoisotopic (exact) mass is 378 g/mol. The standard InChI is InChI=1S/C17H19BrN2OS/c1-20(13-14-5-3-2-4-6-14)12-11-19-17(21)10-8-15-7-9-16(18)22-15/h2-10H,11-13H2,1H3,(H,19,21)/b10-8+. The molecule has 0 saturated heterocycles. The zero-order valence-corrected chi connectivity index (χ0v) is 14.9. The van der Waals surface area contributed by atoms with E-state index in [0.29, 0.717) is 6.54 Å². The molecule has 22 heavy (non-hydrogen) atoms. The van der Waals surface area contributed by atoms with Crippen LogP contribution in [-0.2, 0) is 11.3 Å². The molecule has 0 radical (unpaired) electrons. The molecule has 0 aliphatic rings. The molecule has 116 valence electrons. The number of nitrogens with zero attached hydrogens (tertiary/aromatic N) is 1. The van der Waals surface area contributed by atoms with E-state index in [-0.39, 0.29) is 5.91 Å². The zero-order chi connectivity index (χ0) is 15.8. The number of halogens is 1. The van der Waals surface area contributed by atoms with Crippen LogP contribution in [0, 0.1) is 0 Å². The van der Waals surface area contributed by atoms with Crippen LogP contribution in [0.1, 0.15) is 10.4 Å². The summed E-state index contributed by atoms with van der Waals surface area (Å²) in [6.07, 6.45) is 3.41. The average molecular weight is 379 g/mol. The van der Waals surface area contributed by atoms with Gasteiger partial charge in [-0.25, -0.2) is 0 Å². The third-order valence-electron chi connectivity index (χ3n) is 3.08. The molecule has 0 unspecified atom stereocenters. The van der Waals surface area contributed by atoms with E-state index < -0.39 is 0 Å². The Bertz CT molecular complexity index is 625. The third kappa shape index (κ3) is 6.13. The Morgan fingerprint density at radius 3 is 2.73 bits per heavy atom. The molecule has 5 heteroatoms. The van der Waals surface area contributed by atoms with Crippen LogP contribution in [0.3, 0.4) is 0 Å². The van der Waals surface area contributed by atoms with Crippen LogP contribution in [0.5, 0.6) is 0 Å². The lowest BCUT2D eigenvalue weighted by Crippen LogP contribution is -2.31. The Labute approximate surface area is 143 Å². The van der Waals surface area contributed by atoms with Crippen molar-refractivity contribution in [2.45, 2.75) is 6.54 Å². The molecule has 1 heterocycles. The fourth-order valence-electron chi connectivity index (χ4n) is 1.98. The van der Waals surface area contributed by atoms with E-state index in [0.717, 1.165) is 21.8 Å². The van der Waals surface area contributed by atoms with Gasteiger partial charge < -0.3 is 10.2 Å². The van der Waals surface area contributed by atoms with Crippen molar-refractivity contribution in [1.29, 1.82) is 0 Å². The minimum absolute atomic E-state index is 0.0577. The van der Waals surface area contributed by atoms with Gasteiger partial charge in [-0.3, -0.25) is 4.79 Å². The van der Waals surface area contributed by atoms with Crippen molar-refractivity contribution in [2.24, 2.45) is 0 Å². The topological polar surface area (TPSA) is 32.3 Å². The fourth-order valence-corrected chi connectivity index (χ4v) is 3.31. The highest BCUT2D eigenvalue weighted by molar-refractivity contribution is 9.11. The first-order valence-electron chi connectivity index (χ1n) is 7.07. The summed E-state index contributed by atoms with van der Waals surface area (Å²) in [7, 11) is 2.05. The van der Waals surface area contributed by atoms with Crippen LogP contribution in [0.4, 0.5) is 0 Å². The summed E-state index contributed by atoms with van der Waals surface area (Å²) in [4.78, 5) is 15.0. The Kier molecular flexibility index (Phi) is 6.83. The maximum absolute atomic E-state index is 11.7. The van der Waals surface area contributed by atoms with E-state index in [1.54, 1.807) is 17.4 Å². The summed E-state index contributed by atoms with van der Waals surface area (Å²) in [6, 6.07) is 14.3. The Balaban J connectivity index is 1.67. The minimum atomic E-state index is -0.0577. The van der Waals surface area contributed by atoms with Crippen molar-refractivity contribution < 1.29 is 4.79 Å². The van der Waals surface area contributed by atoms with Gasteiger partial charge in [0.05, 0.1) is 3.79 Å². The van der Waals surface area contributed by atoms with Gasteiger partial charge in [-0.15, -0.1) is 11.3 Å². The number of amides is 1. The number of carbonyl (C=O) groups is 1. The molecule has 0 bridgehead atoms. The second kappa shape index (κ2) is 8.88. The van der Waals surface area contributed by atoms with Crippen LogP contribution in [-0.4, -0.2) is 30.9 Å². The molecule has 1 aromatic carbocycles. The average Bonchev–Trinajstić information content (AvgIpc) is 2.92. The second-order valence-electron chi connectivity index (χ2n) is 4.99. The number of hydrogen-bond acceptors (Lipinski definition) is 3. The predicted octanol–water partition coefficient (Wildman–Crippen LogP) is 3.77. The number of nitrogens with one attached hydrogen (secondary N) is 1. The lowest BCUT2D eigenvalue weighted by Gasteiger charge is -2.16. The maximum Gasteiger partial charge on any atom is 0.244 e. The van der Waals surface area contributed by atoms with Crippen LogP contribution < -0.4 is 5.32 Å². The number of thiophene rings is 1. The highest BCUT2D eigenvalue weighted by atomic mass is 79.9.